The van der Waals surface area contributed by atoms with E-state index in [0.717, 1.165) is 0 Å². The van der Waals surface area contributed by atoms with E-state index in [-0.39, 0.29) is 17.2 Å². The molecule has 10 heteroatoms. The fourth-order valence-corrected chi connectivity index (χ4v) is 3.31. The zero-order valence-electron chi connectivity index (χ0n) is 15.0. The molecule has 1 aromatic carbocycles. The number of nitrogens with one attached hydrogen (secondary N) is 1. The molecule has 1 N–H and O–H groups in total. The number of carbonyl (C=O) groups excluding carboxylic acids is 1. The van der Waals surface area contributed by atoms with Crippen LogP contribution in [-0.4, -0.2) is 30.9 Å². The van der Waals surface area contributed by atoms with Gasteiger partial charge in [-0.05, 0) is 36.4 Å². The fourth-order valence-electron chi connectivity index (χ4n) is 2.61. The first kappa shape index (κ1) is 18.4. The quantitative estimate of drug-likeness (QED) is 0.558. The van der Waals surface area contributed by atoms with Crippen molar-refractivity contribution >= 4 is 22.4 Å². The van der Waals surface area contributed by atoms with E-state index in [9.17, 15) is 9.18 Å². The van der Waals surface area contributed by atoms with Crippen molar-refractivity contribution < 1.29 is 9.18 Å². The van der Waals surface area contributed by atoms with Crippen LogP contribution in [0.15, 0.2) is 47.8 Å². The van der Waals surface area contributed by atoms with E-state index in [1.807, 2.05) is 6.07 Å². The average molecular weight is 405 g/mol. The molecular weight excluding hydrogens is 393 g/mol. The van der Waals surface area contributed by atoms with E-state index in [1.165, 1.54) is 40.4 Å². The van der Waals surface area contributed by atoms with E-state index in [4.69, 9.17) is 5.26 Å². The minimum atomic E-state index is -0.489. The lowest BCUT2D eigenvalue weighted by Crippen LogP contribution is -2.14. The molecule has 142 valence electrons. The fraction of sp³-hybridized carbons (Fsp3) is 0.0526. The molecule has 0 aliphatic heterocycles. The predicted octanol–water partition coefficient (Wildman–Crippen LogP) is 3.26. The van der Waals surface area contributed by atoms with Crippen molar-refractivity contribution in [3.8, 4) is 28.7 Å². The number of hydrogen-bond donors (Lipinski definition) is 1. The number of anilines is 1. The monoisotopic (exact) mass is 405 g/mol. The number of benzene rings is 1. The van der Waals surface area contributed by atoms with Crippen LogP contribution in [0.5, 0.6) is 0 Å². The second-order valence-corrected chi connectivity index (χ2v) is 6.76. The summed E-state index contributed by atoms with van der Waals surface area (Å²) in [6.07, 6.45) is 0. The Bertz CT molecular complexity index is 1240. The van der Waals surface area contributed by atoms with Crippen LogP contribution < -0.4 is 5.32 Å². The molecule has 4 rings (SSSR count). The van der Waals surface area contributed by atoms with E-state index in [2.05, 4.69) is 25.5 Å². The van der Waals surface area contributed by atoms with Gasteiger partial charge in [0.15, 0.2) is 10.8 Å². The summed E-state index contributed by atoms with van der Waals surface area (Å²) >= 11 is 1.22. The minimum Gasteiger partial charge on any atom is -0.296 e. The minimum absolute atomic E-state index is 0.0976. The number of nitrogens with zero attached hydrogens (tertiary/aromatic N) is 6. The molecule has 0 saturated heterocycles. The van der Waals surface area contributed by atoms with Crippen molar-refractivity contribution in [3.63, 3.8) is 0 Å². The van der Waals surface area contributed by atoms with Crippen LogP contribution >= 0.6 is 11.3 Å². The lowest BCUT2D eigenvalue weighted by molar-refractivity contribution is 0.102. The van der Waals surface area contributed by atoms with E-state index in [1.54, 1.807) is 30.6 Å². The van der Waals surface area contributed by atoms with Crippen LogP contribution in [0.3, 0.4) is 0 Å². The number of hydrogen-bond acceptors (Lipinski definition) is 7. The number of halogens is 1. The number of nitriles is 1. The maximum absolute atomic E-state index is 13.2. The predicted molar refractivity (Wildman–Crippen MR) is 104 cm³/mol. The van der Waals surface area contributed by atoms with Gasteiger partial charge in [0, 0.05) is 18.0 Å². The number of pyridine rings is 1. The Kier molecular flexibility index (Phi) is 4.80. The molecule has 0 radical (unpaired) electrons. The van der Waals surface area contributed by atoms with E-state index >= 15 is 0 Å². The molecule has 3 aromatic heterocycles. The standard InChI is InChI=1S/C19H12FN7OS/c1-27-25-16(11-5-7-12(20)8-6-11)17(26-27)18(28)24-19-23-15(10-29-19)14-4-2-3-13(9-21)22-14/h2-8,10H,1H3,(H,23,24,28). The van der Waals surface area contributed by atoms with Gasteiger partial charge in [-0.2, -0.15) is 15.2 Å². The maximum atomic E-state index is 13.2. The highest BCUT2D eigenvalue weighted by molar-refractivity contribution is 7.14. The first-order valence-electron chi connectivity index (χ1n) is 8.35. The lowest BCUT2D eigenvalue weighted by atomic mass is 10.1. The first-order chi connectivity index (χ1) is 14.0. The number of thiazole rings is 1. The summed E-state index contributed by atoms with van der Waals surface area (Å²) < 4.78 is 13.2. The van der Waals surface area contributed by atoms with Gasteiger partial charge < -0.3 is 0 Å². The first-order valence-corrected chi connectivity index (χ1v) is 9.23. The summed E-state index contributed by atoms with van der Waals surface area (Å²) in [5.41, 5.74) is 2.37. The summed E-state index contributed by atoms with van der Waals surface area (Å²) in [5.74, 6) is -0.870. The van der Waals surface area contributed by atoms with Gasteiger partial charge in [-0.1, -0.05) is 6.07 Å². The summed E-state index contributed by atoms with van der Waals surface area (Å²) in [4.78, 5) is 22.6. The third-order valence-corrected chi connectivity index (χ3v) is 4.65. The average Bonchev–Trinajstić information content (AvgIpc) is 3.35. The lowest BCUT2D eigenvalue weighted by Gasteiger charge is -2.01. The van der Waals surface area contributed by atoms with Gasteiger partial charge in [0.1, 0.15) is 29.0 Å². The summed E-state index contributed by atoms with van der Waals surface area (Å²) in [6.45, 7) is 0. The molecule has 0 aliphatic rings. The van der Waals surface area contributed by atoms with Crippen molar-refractivity contribution in [2.45, 2.75) is 0 Å². The van der Waals surface area contributed by atoms with Crippen LogP contribution in [0.1, 0.15) is 16.2 Å². The molecule has 0 bridgehead atoms. The highest BCUT2D eigenvalue weighted by atomic mass is 32.1. The molecule has 0 atom stereocenters. The molecule has 0 fully saturated rings. The number of aromatic nitrogens is 5. The summed E-state index contributed by atoms with van der Waals surface area (Å²) in [7, 11) is 1.60. The Morgan fingerprint density at radius 1 is 1.14 bits per heavy atom. The molecule has 0 spiro atoms. The SMILES string of the molecule is Cn1nc(C(=O)Nc2nc(-c3cccc(C#N)n3)cs2)c(-c2ccc(F)cc2)n1. The highest BCUT2D eigenvalue weighted by Crippen LogP contribution is 2.25. The topological polar surface area (TPSA) is 109 Å². The molecule has 4 aromatic rings. The molecular formula is C19H12FN7OS. The Morgan fingerprint density at radius 2 is 1.93 bits per heavy atom. The van der Waals surface area contributed by atoms with Gasteiger partial charge in [-0.25, -0.2) is 14.4 Å². The molecule has 0 aliphatic carbocycles. The van der Waals surface area contributed by atoms with Crippen LogP contribution in [0.25, 0.3) is 22.6 Å². The molecule has 29 heavy (non-hydrogen) atoms. The van der Waals surface area contributed by atoms with Crippen LogP contribution in [0.4, 0.5) is 9.52 Å². The second-order valence-electron chi connectivity index (χ2n) is 5.91. The normalized spacial score (nSPS) is 10.5. The zero-order valence-corrected chi connectivity index (χ0v) is 15.8. The van der Waals surface area contributed by atoms with Gasteiger partial charge >= 0.3 is 0 Å². The summed E-state index contributed by atoms with van der Waals surface area (Å²) in [5, 5.41) is 22.1. The van der Waals surface area contributed by atoms with Crippen LogP contribution in [0, 0.1) is 17.1 Å². The van der Waals surface area contributed by atoms with Gasteiger partial charge in [-0.15, -0.1) is 16.4 Å². The molecule has 0 saturated carbocycles. The maximum Gasteiger partial charge on any atom is 0.280 e. The largest absolute Gasteiger partial charge is 0.296 e. The van der Waals surface area contributed by atoms with E-state index < -0.39 is 5.91 Å². The Hall–Kier alpha value is -3.97. The Labute approximate surface area is 168 Å². The number of rotatable bonds is 4. The van der Waals surface area contributed by atoms with Crippen LogP contribution in [-0.2, 0) is 7.05 Å². The Morgan fingerprint density at radius 3 is 2.69 bits per heavy atom. The van der Waals surface area contributed by atoms with Crippen molar-refractivity contribution in [2.24, 2.45) is 7.05 Å². The van der Waals surface area contributed by atoms with E-state index in [0.29, 0.717) is 27.8 Å². The van der Waals surface area contributed by atoms with Crippen molar-refractivity contribution in [1.82, 2.24) is 25.0 Å². The Balaban J connectivity index is 1.59. The molecule has 1 amide bonds. The van der Waals surface area contributed by atoms with Crippen molar-refractivity contribution in [3.05, 3.63) is 65.0 Å². The van der Waals surface area contributed by atoms with Gasteiger partial charge in [-0.3, -0.25) is 10.1 Å². The molecule has 3 heterocycles. The number of aryl methyl sites for hydroxylation is 1. The third-order valence-electron chi connectivity index (χ3n) is 3.90. The van der Waals surface area contributed by atoms with Gasteiger partial charge in [0.05, 0.1) is 5.69 Å². The highest BCUT2D eigenvalue weighted by Gasteiger charge is 2.20. The molecule has 0 unspecified atom stereocenters. The van der Waals surface area contributed by atoms with Crippen LogP contribution in [0.2, 0.25) is 0 Å². The third kappa shape index (κ3) is 3.85. The number of carbonyl (C=O) groups is 1. The van der Waals surface area contributed by atoms with Crippen molar-refractivity contribution in [1.29, 1.82) is 5.26 Å². The smallest absolute Gasteiger partial charge is 0.280 e. The van der Waals surface area contributed by atoms with Gasteiger partial charge in [0.2, 0.25) is 0 Å². The molecule has 8 nitrogen and oxygen atoms in total. The zero-order chi connectivity index (χ0) is 20.4. The number of amides is 1. The van der Waals surface area contributed by atoms with Crippen molar-refractivity contribution in [2.75, 3.05) is 5.32 Å². The second kappa shape index (κ2) is 7.57. The summed E-state index contributed by atoms with van der Waals surface area (Å²) in [6, 6.07) is 12.7. The van der Waals surface area contributed by atoms with Gasteiger partial charge in [0.25, 0.3) is 5.91 Å².